The van der Waals surface area contributed by atoms with E-state index >= 15 is 0 Å². The fraction of sp³-hybridized carbons (Fsp3) is 0.300. The number of ether oxygens (including phenoxy) is 3. The van der Waals surface area contributed by atoms with E-state index in [0.717, 1.165) is 5.75 Å². The predicted molar refractivity (Wildman–Crippen MR) is 145 cm³/mol. The Labute approximate surface area is 222 Å². The van der Waals surface area contributed by atoms with Crippen molar-refractivity contribution in [2.75, 3.05) is 30.5 Å². The predicted octanol–water partition coefficient (Wildman–Crippen LogP) is 5.32. The highest BCUT2D eigenvalue weighted by molar-refractivity contribution is 6.00. The van der Waals surface area contributed by atoms with Gasteiger partial charge in [0.15, 0.2) is 6.61 Å². The Balaban J connectivity index is 1.28. The maximum Gasteiger partial charge on any atom is 0.311 e. The van der Waals surface area contributed by atoms with E-state index in [4.69, 9.17) is 14.2 Å². The second-order valence-corrected chi connectivity index (χ2v) is 10.2. The molecule has 8 nitrogen and oxygen atoms in total. The Morgan fingerprint density at radius 2 is 1.47 bits per heavy atom. The van der Waals surface area contributed by atoms with Crippen molar-refractivity contribution >= 4 is 29.2 Å². The van der Waals surface area contributed by atoms with Crippen LogP contribution in [0.4, 0.5) is 11.4 Å². The summed E-state index contributed by atoms with van der Waals surface area (Å²) in [5, 5.41) is 2.65. The topological polar surface area (TPSA) is 94.2 Å². The summed E-state index contributed by atoms with van der Waals surface area (Å²) < 4.78 is 16.2. The molecule has 0 unspecified atom stereocenters. The molecule has 0 radical (unpaired) electrons. The SMILES string of the molecule is COc1ccc(NC(=O)COC(=O)[C@H]2CC(=O)N(c3ccc(Oc4ccc(C(C)(C)C)cc4)cc3)C2)cc1. The summed E-state index contributed by atoms with van der Waals surface area (Å²) in [6.45, 7) is 6.23. The average molecular weight is 517 g/mol. The van der Waals surface area contributed by atoms with Gasteiger partial charge in [0, 0.05) is 24.3 Å². The van der Waals surface area contributed by atoms with Gasteiger partial charge in [0.2, 0.25) is 5.91 Å². The molecule has 1 N–H and O–H groups in total. The lowest BCUT2D eigenvalue weighted by atomic mass is 9.87. The zero-order valence-electron chi connectivity index (χ0n) is 22.0. The van der Waals surface area contributed by atoms with E-state index in [-0.39, 0.29) is 24.3 Å². The van der Waals surface area contributed by atoms with Crippen LogP contribution >= 0.6 is 0 Å². The molecule has 0 aliphatic carbocycles. The number of amides is 2. The van der Waals surface area contributed by atoms with Crippen LogP contribution in [0.5, 0.6) is 17.2 Å². The second-order valence-electron chi connectivity index (χ2n) is 10.2. The molecule has 1 aliphatic rings. The summed E-state index contributed by atoms with van der Waals surface area (Å²) in [4.78, 5) is 38.8. The van der Waals surface area contributed by atoms with Gasteiger partial charge in [0.25, 0.3) is 5.91 Å². The Morgan fingerprint density at radius 1 is 0.895 bits per heavy atom. The van der Waals surface area contributed by atoms with Crippen molar-refractivity contribution in [1.82, 2.24) is 0 Å². The molecule has 8 heteroatoms. The fourth-order valence-electron chi connectivity index (χ4n) is 4.09. The Morgan fingerprint density at radius 3 is 2.05 bits per heavy atom. The molecule has 1 fully saturated rings. The first-order valence-electron chi connectivity index (χ1n) is 12.4. The lowest BCUT2D eigenvalue weighted by molar-refractivity contribution is -0.151. The molecule has 1 saturated heterocycles. The Bertz CT molecular complexity index is 1280. The van der Waals surface area contributed by atoms with Gasteiger partial charge in [-0.25, -0.2) is 0 Å². The second kappa shape index (κ2) is 11.4. The first-order valence-corrected chi connectivity index (χ1v) is 12.4. The number of anilines is 2. The largest absolute Gasteiger partial charge is 0.497 e. The normalized spacial score (nSPS) is 15.2. The van der Waals surface area contributed by atoms with Gasteiger partial charge in [-0.15, -0.1) is 0 Å². The molecule has 198 valence electrons. The van der Waals surface area contributed by atoms with Gasteiger partial charge in [-0.2, -0.15) is 0 Å². The average Bonchev–Trinajstić information content (AvgIpc) is 3.29. The number of esters is 1. The third kappa shape index (κ3) is 6.70. The standard InChI is InChI=1S/C30H32N2O6/c1-30(2,3)21-5-11-25(12-6-21)38-26-15-9-23(10-16-26)32-18-20(17-28(32)34)29(35)37-19-27(33)31-22-7-13-24(36-4)14-8-22/h5-16,20H,17-19H2,1-4H3,(H,31,33)/t20-/m0/s1. The van der Waals surface area contributed by atoms with E-state index < -0.39 is 24.4 Å². The molecular weight excluding hydrogens is 484 g/mol. The maximum absolute atomic E-state index is 12.6. The van der Waals surface area contributed by atoms with E-state index in [1.54, 1.807) is 60.5 Å². The van der Waals surface area contributed by atoms with Crippen LogP contribution in [0.2, 0.25) is 0 Å². The summed E-state index contributed by atoms with van der Waals surface area (Å²) in [6.07, 6.45) is 0.0251. The van der Waals surface area contributed by atoms with Gasteiger partial charge in [0.1, 0.15) is 17.2 Å². The van der Waals surface area contributed by atoms with Gasteiger partial charge in [-0.05, 0) is 71.6 Å². The van der Waals surface area contributed by atoms with Crippen LogP contribution in [-0.4, -0.2) is 38.0 Å². The minimum absolute atomic E-state index is 0.0251. The van der Waals surface area contributed by atoms with Crippen molar-refractivity contribution in [1.29, 1.82) is 0 Å². The van der Waals surface area contributed by atoms with Gasteiger partial charge in [-0.3, -0.25) is 14.4 Å². The van der Waals surface area contributed by atoms with Crippen LogP contribution < -0.4 is 19.7 Å². The third-order valence-electron chi connectivity index (χ3n) is 6.28. The van der Waals surface area contributed by atoms with Crippen molar-refractivity contribution < 1.29 is 28.6 Å². The zero-order valence-corrected chi connectivity index (χ0v) is 22.0. The number of nitrogens with zero attached hydrogens (tertiary/aromatic N) is 1. The van der Waals surface area contributed by atoms with Crippen molar-refractivity contribution in [2.45, 2.75) is 32.6 Å². The molecular formula is C30H32N2O6. The summed E-state index contributed by atoms with van der Waals surface area (Å²) in [7, 11) is 1.55. The highest BCUT2D eigenvalue weighted by atomic mass is 16.5. The molecule has 0 bridgehead atoms. The molecule has 2 amide bonds. The van der Waals surface area contributed by atoms with Crippen LogP contribution in [0.1, 0.15) is 32.8 Å². The molecule has 0 spiro atoms. The highest BCUT2D eigenvalue weighted by Gasteiger charge is 2.36. The Kier molecular flexibility index (Phi) is 8.00. The number of hydrogen-bond acceptors (Lipinski definition) is 6. The first-order chi connectivity index (χ1) is 18.1. The minimum Gasteiger partial charge on any atom is -0.497 e. The molecule has 3 aromatic carbocycles. The minimum atomic E-state index is -0.645. The van der Waals surface area contributed by atoms with Crippen molar-refractivity contribution in [2.24, 2.45) is 5.92 Å². The monoisotopic (exact) mass is 516 g/mol. The number of benzene rings is 3. The lowest BCUT2D eigenvalue weighted by Crippen LogP contribution is -2.28. The van der Waals surface area contributed by atoms with E-state index in [9.17, 15) is 14.4 Å². The van der Waals surface area contributed by atoms with E-state index in [0.29, 0.717) is 22.9 Å². The summed E-state index contributed by atoms with van der Waals surface area (Å²) in [5.74, 6) is 0.162. The van der Waals surface area contributed by atoms with Crippen LogP contribution in [0.3, 0.4) is 0 Å². The van der Waals surface area contributed by atoms with E-state index in [1.807, 2.05) is 12.1 Å². The van der Waals surface area contributed by atoms with E-state index in [1.165, 1.54) is 5.56 Å². The van der Waals surface area contributed by atoms with Gasteiger partial charge in [-0.1, -0.05) is 32.9 Å². The van der Waals surface area contributed by atoms with Gasteiger partial charge < -0.3 is 24.4 Å². The maximum atomic E-state index is 12.6. The van der Waals surface area contributed by atoms with Crippen molar-refractivity contribution in [3.63, 3.8) is 0 Å². The third-order valence-corrected chi connectivity index (χ3v) is 6.28. The van der Waals surface area contributed by atoms with Crippen LogP contribution in [0.25, 0.3) is 0 Å². The van der Waals surface area contributed by atoms with Crippen LogP contribution in [0, 0.1) is 5.92 Å². The molecule has 3 aromatic rings. The van der Waals surface area contributed by atoms with Crippen LogP contribution in [-0.2, 0) is 24.5 Å². The first kappa shape index (κ1) is 26.7. The molecule has 0 aromatic heterocycles. The molecule has 1 aliphatic heterocycles. The molecule has 4 rings (SSSR count). The summed E-state index contributed by atoms with van der Waals surface area (Å²) >= 11 is 0. The summed E-state index contributed by atoms with van der Waals surface area (Å²) in [5.41, 5.74) is 2.51. The lowest BCUT2D eigenvalue weighted by Gasteiger charge is -2.19. The number of nitrogens with one attached hydrogen (secondary N) is 1. The number of methoxy groups -OCH3 is 1. The quantitative estimate of drug-likeness (QED) is 0.407. The fourth-order valence-corrected chi connectivity index (χ4v) is 4.09. The Hall–Kier alpha value is -4.33. The van der Waals surface area contributed by atoms with E-state index in [2.05, 4.69) is 38.2 Å². The van der Waals surface area contributed by atoms with Gasteiger partial charge >= 0.3 is 5.97 Å². The summed E-state index contributed by atoms with van der Waals surface area (Å²) in [6, 6.07) is 21.9. The number of carbonyl (C=O) groups is 3. The number of hydrogen-bond donors (Lipinski definition) is 1. The zero-order chi connectivity index (χ0) is 27.3. The van der Waals surface area contributed by atoms with Gasteiger partial charge in [0.05, 0.1) is 13.0 Å². The molecule has 0 saturated carbocycles. The van der Waals surface area contributed by atoms with Crippen molar-refractivity contribution in [3.8, 4) is 17.2 Å². The molecule has 38 heavy (non-hydrogen) atoms. The molecule has 1 atom stereocenters. The highest BCUT2D eigenvalue weighted by Crippen LogP contribution is 2.30. The smallest absolute Gasteiger partial charge is 0.311 e. The van der Waals surface area contributed by atoms with Crippen molar-refractivity contribution in [3.05, 3.63) is 78.4 Å². The van der Waals surface area contributed by atoms with Crippen LogP contribution in [0.15, 0.2) is 72.8 Å². The molecule has 1 heterocycles. The number of rotatable bonds is 8. The number of carbonyl (C=O) groups excluding carboxylic acids is 3.